The molecule has 0 spiro atoms. The Bertz CT molecular complexity index is 1410. The highest BCUT2D eigenvalue weighted by Gasteiger charge is 2.22. The molecule has 5 rings (SSSR count). The summed E-state index contributed by atoms with van der Waals surface area (Å²) in [7, 11) is 0. The zero-order valence-corrected chi connectivity index (χ0v) is 18.6. The lowest BCUT2D eigenvalue weighted by Gasteiger charge is -2.08. The molecule has 1 amide bonds. The lowest BCUT2D eigenvalue weighted by Crippen LogP contribution is -2.11. The van der Waals surface area contributed by atoms with Crippen LogP contribution in [0.4, 0.5) is 5.88 Å². The van der Waals surface area contributed by atoms with E-state index in [1.807, 2.05) is 66.9 Å². The molecule has 0 bridgehead atoms. The van der Waals surface area contributed by atoms with Gasteiger partial charge in [-0.2, -0.15) is 0 Å². The molecular weight excluding hydrogens is 432 g/mol. The van der Waals surface area contributed by atoms with Crippen molar-refractivity contribution in [3.63, 3.8) is 0 Å². The number of rotatable bonds is 5. The van der Waals surface area contributed by atoms with E-state index in [0.29, 0.717) is 22.4 Å². The van der Waals surface area contributed by atoms with E-state index in [1.54, 1.807) is 30.3 Å². The molecule has 5 nitrogen and oxygen atoms in total. The fourth-order valence-corrected chi connectivity index (χ4v) is 4.26. The van der Waals surface area contributed by atoms with Crippen LogP contribution >= 0.6 is 11.3 Å². The Morgan fingerprint density at radius 3 is 2.39 bits per heavy atom. The van der Waals surface area contributed by atoms with Gasteiger partial charge in [-0.25, -0.2) is 4.98 Å². The Hall–Kier alpha value is -4.16. The SMILES string of the molecule is Cc1ccc(-c2cccc(-c3nc(-c4cccs4)c(NC(=O)c4ccccc4)o3)c2O)cc1. The Morgan fingerprint density at radius 1 is 0.909 bits per heavy atom. The summed E-state index contributed by atoms with van der Waals surface area (Å²) in [5.74, 6) is 0.240. The first-order valence-corrected chi connectivity index (χ1v) is 11.3. The largest absolute Gasteiger partial charge is 0.506 e. The van der Waals surface area contributed by atoms with Gasteiger partial charge in [-0.1, -0.05) is 66.2 Å². The summed E-state index contributed by atoms with van der Waals surface area (Å²) in [5.41, 5.74) is 4.19. The van der Waals surface area contributed by atoms with Crippen LogP contribution in [0.15, 0.2) is 94.7 Å². The third-order valence-electron chi connectivity index (χ3n) is 5.27. The predicted octanol–water partition coefficient (Wildman–Crippen LogP) is 7.00. The third kappa shape index (κ3) is 4.16. The summed E-state index contributed by atoms with van der Waals surface area (Å²) < 4.78 is 6.01. The second kappa shape index (κ2) is 8.76. The fourth-order valence-electron chi connectivity index (χ4n) is 3.55. The van der Waals surface area contributed by atoms with Gasteiger partial charge in [0.2, 0.25) is 11.8 Å². The molecule has 0 atom stereocenters. The molecule has 0 unspecified atom stereocenters. The molecule has 2 aromatic heterocycles. The normalized spacial score (nSPS) is 10.8. The maximum Gasteiger partial charge on any atom is 0.258 e. The summed E-state index contributed by atoms with van der Waals surface area (Å²) >= 11 is 1.49. The van der Waals surface area contributed by atoms with Crippen LogP contribution < -0.4 is 5.32 Å². The van der Waals surface area contributed by atoms with Crippen molar-refractivity contribution in [2.75, 3.05) is 5.32 Å². The summed E-state index contributed by atoms with van der Waals surface area (Å²) in [6.45, 7) is 2.02. The number of phenolic OH excluding ortho intramolecular Hbond substituents is 1. The second-order valence-electron chi connectivity index (χ2n) is 7.56. The number of benzene rings is 3. The van der Waals surface area contributed by atoms with Crippen molar-refractivity contribution in [1.82, 2.24) is 4.98 Å². The number of amides is 1. The minimum absolute atomic E-state index is 0.0706. The molecule has 6 heteroatoms. The van der Waals surface area contributed by atoms with E-state index in [-0.39, 0.29) is 23.4 Å². The number of carbonyl (C=O) groups excluding carboxylic acids is 1. The molecule has 0 saturated heterocycles. The summed E-state index contributed by atoms with van der Waals surface area (Å²) in [6, 6.07) is 26.1. The van der Waals surface area contributed by atoms with Gasteiger partial charge in [-0.15, -0.1) is 11.3 Å². The van der Waals surface area contributed by atoms with Crippen molar-refractivity contribution in [3.05, 3.63) is 101 Å². The van der Waals surface area contributed by atoms with Gasteiger partial charge >= 0.3 is 0 Å². The highest BCUT2D eigenvalue weighted by atomic mass is 32.1. The quantitative estimate of drug-likeness (QED) is 0.301. The summed E-state index contributed by atoms with van der Waals surface area (Å²) in [5, 5.41) is 15.8. The minimum atomic E-state index is -0.297. The lowest BCUT2D eigenvalue weighted by atomic mass is 10.0. The van der Waals surface area contributed by atoms with E-state index in [1.165, 1.54) is 11.3 Å². The van der Waals surface area contributed by atoms with Gasteiger partial charge < -0.3 is 9.52 Å². The number of oxazole rings is 1. The Labute approximate surface area is 195 Å². The van der Waals surface area contributed by atoms with Gasteiger partial charge in [0.05, 0.1) is 10.4 Å². The van der Waals surface area contributed by atoms with Gasteiger partial charge in [-0.05, 0) is 42.1 Å². The Morgan fingerprint density at radius 2 is 1.67 bits per heavy atom. The summed E-state index contributed by atoms with van der Waals surface area (Å²) in [4.78, 5) is 18.3. The predicted molar refractivity (Wildman–Crippen MR) is 131 cm³/mol. The van der Waals surface area contributed by atoms with Crippen molar-refractivity contribution in [2.45, 2.75) is 6.92 Å². The highest BCUT2D eigenvalue weighted by molar-refractivity contribution is 7.13. The van der Waals surface area contributed by atoms with Gasteiger partial charge in [0.25, 0.3) is 5.91 Å². The van der Waals surface area contributed by atoms with E-state index in [4.69, 9.17) is 4.42 Å². The van der Waals surface area contributed by atoms with Crippen LogP contribution in [0.3, 0.4) is 0 Å². The van der Waals surface area contributed by atoms with Crippen LogP contribution in [0, 0.1) is 6.92 Å². The number of phenols is 1. The average molecular weight is 453 g/mol. The molecule has 0 fully saturated rings. The van der Waals surface area contributed by atoms with Crippen LogP contribution in [0.5, 0.6) is 5.75 Å². The fraction of sp³-hybridized carbons (Fsp3) is 0.0370. The molecule has 0 aliphatic heterocycles. The number of para-hydroxylation sites is 1. The number of aryl methyl sites for hydroxylation is 1. The van der Waals surface area contributed by atoms with Crippen molar-refractivity contribution in [2.24, 2.45) is 0 Å². The van der Waals surface area contributed by atoms with E-state index >= 15 is 0 Å². The number of anilines is 1. The molecule has 5 aromatic rings. The standard InChI is InChI=1S/C27H20N2O3S/c1-17-12-14-18(15-13-17)20-9-5-10-21(24(20)30)26-28-23(22-11-6-16-33-22)27(32-26)29-25(31)19-7-3-2-4-8-19/h2-16,30H,1H3,(H,29,31). The molecule has 0 saturated carbocycles. The maximum atomic E-state index is 12.8. The van der Waals surface area contributed by atoms with Crippen molar-refractivity contribution in [1.29, 1.82) is 0 Å². The van der Waals surface area contributed by atoms with Crippen LogP contribution in [-0.4, -0.2) is 16.0 Å². The molecule has 0 aliphatic carbocycles. The first-order chi connectivity index (χ1) is 16.1. The topological polar surface area (TPSA) is 75.4 Å². The van der Waals surface area contributed by atoms with Crippen molar-refractivity contribution < 1.29 is 14.3 Å². The second-order valence-corrected chi connectivity index (χ2v) is 8.51. The molecular formula is C27H20N2O3S. The number of hydrogen-bond acceptors (Lipinski definition) is 5. The zero-order valence-electron chi connectivity index (χ0n) is 17.8. The van der Waals surface area contributed by atoms with Gasteiger partial charge in [0, 0.05) is 11.1 Å². The van der Waals surface area contributed by atoms with E-state index in [2.05, 4.69) is 10.3 Å². The molecule has 2 heterocycles. The number of carbonyl (C=O) groups is 1. The number of nitrogens with zero attached hydrogens (tertiary/aromatic N) is 1. The van der Waals surface area contributed by atoms with Gasteiger partial charge in [0.1, 0.15) is 11.4 Å². The van der Waals surface area contributed by atoms with Gasteiger partial charge in [-0.3, -0.25) is 10.1 Å². The monoisotopic (exact) mass is 452 g/mol. The average Bonchev–Trinajstić information content (AvgIpc) is 3.51. The third-order valence-corrected chi connectivity index (χ3v) is 6.15. The number of aromatic nitrogens is 1. The molecule has 0 aliphatic rings. The molecule has 2 N–H and O–H groups in total. The molecule has 33 heavy (non-hydrogen) atoms. The van der Waals surface area contributed by atoms with Crippen molar-refractivity contribution >= 4 is 23.1 Å². The number of thiophene rings is 1. The number of aromatic hydroxyl groups is 1. The van der Waals surface area contributed by atoms with Crippen LogP contribution in [0.25, 0.3) is 33.2 Å². The van der Waals surface area contributed by atoms with Gasteiger partial charge in [0.15, 0.2) is 0 Å². The maximum absolute atomic E-state index is 12.8. The zero-order chi connectivity index (χ0) is 22.8. The first-order valence-electron chi connectivity index (χ1n) is 10.4. The Balaban J connectivity index is 1.57. The van der Waals surface area contributed by atoms with E-state index in [9.17, 15) is 9.90 Å². The molecule has 3 aromatic carbocycles. The van der Waals surface area contributed by atoms with Crippen LogP contribution in [0.1, 0.15) is 15.9 Å². The molecule has 0 radical (unpaired) electrons. The highest BCUT2D eigenvalue weighted by Crippen LogP contribution is 2.41. The van der Waals surface area contributed by atoms with Crippen LogP contribution in [-0.2, 0) is 0 Å². The number of hydrogen-bond donors (Lipinski definition) is 2. The molecule has 162 valence electrons. The van der Waals surface area contributed by atoms with Crippen LogP contribution in [0.2, 0.25) is 0 Å². The Kier molecular flexibility index (Phi) is 5.50. The van der Waals surface area contributed by atoms with Crippen molar-refractivity contribution in [3.8, 4) is 38.9 Å². The number of nitrogens with one attached hydrogen (secondary N) is 1. The van der Waals surface area contributed by atoms with E-state index in [0.717, 1.165) is 16.0 Å². The first kappa shape index (κ1) is 20.7. The minimum Gasteiger partial charge on any atom is -0.506 e. The van der Waals surface area contributed by atoms with E-state index < -0.39 is 0 Å². The smallest absolute Gasteiger partial charge is 0.258 e. The lowest BCUT2D eigenvalue weighted by molar-refractivity contribution is 0.102. The summed E-state index contributed by atoms with van der Waals surface area (Å²) in [6.07, 6.45) is 0.